The number of hydrogen-bond acceptors (Lipinski definition) is 4. The largest absolute Gasteiger partial charge is 0.265 e. The Kier molecular flexibility index (Phi) is 4.91. The van der Waals surface area contributed by atoms with Crippen molar-refractivity contribution in [2.24, 2.45) is 0 Å². The first-order valence-corrected chi connectivity index (χ1v) is 9.88. The van der Waals surface area contributed by atoms with E-state index in [1.165, 1.54) is 11.3 Å². The highest BCUT2D eigenvalue weighted by Gasteiger charge is 2.24. The van der Waals surface area contributed by atoms with E-state index >= 15 is 0 Å². The fourth-order valence-corrected chi connectivity index (χ4v) is 5.42. The number of thiophene rings is 1. The van der Waals surface area contributed by atoms with Crippen molar-refractivity contribution >= 4 is 37.3 Å². The van der Waals surface area contributed by atoms with E-state index < -0.39 is 16.1 Å². The van der Waals surface area contributed by atoms with E-state index in [2.05, 4.69) is 25.6 Å². The Bertz CT molecular complexity index is 841. The van der Waals surface area contributed by atoms with Crippen LogP contribution in [0.5, 0.6) is 0 Å². The lowest BCUT2D eigenvalue weighted by Crippen LogP contribution is -2.29. The van der Waals surface area contributed by atoms with Gasteiger partial charge in [0, 0.05) is 12.4 Å². The molecule has 3 aromatic rings. The van der Waals surface area contributed by atoms with Crippen molar-refractivity contribution in [1.29, 1.82) is 0 Å². The van der Waals surface area contributed by atoms with E-state index in [1.807, 2.05) is 42.5 Å². The molecular weight excluding hydrogens is 396 g/mol. The predicted octanol–water partition coefficient (Wildman–Crippen LogP) is 3.97. The zero-order chi connectivity index (χ0) is 16.3. The Morgan fingerprint density at radius 1 is 0.957 bits per heavy atom. The van der Waals surface area contributed by atoms with Gasteiger partial charge in [0.2, 0.25) is 0 Å². The molecule has 3 rings (SSSR count). The molecule has 118 valence electrons. The van der Waals surface area contributed by atoms with Crippen LogP contribution in [0.4, 0.5) is 0 Å². The highest BCUT2D eigenvalue weighted by atomic mass is 79.9. The third kappa shape index (κ3) is 3.87. The van der Waals surface area contributed by atoms with Gasteiger partial charge in [0.15, 0.2) is 0 Å². The van der Waals surface area contributed by atoms with Gasteiger partial charge in [0.25, 0.3) is 10.0 Å². The second-order valence-corrected chi connectivity index (χ2v) is 9.21. The molecule has 7 heteroatoms. The Morgan fingerprint density at radius 2 is 1.61 bits per heavy atom. The monoisotopic (exact) mass is 408 g/mol. The molecule has 0 amide bonds. The summed E-state index contributed by atoms with van der Waals surface area (Å²) in [7, 11) is -3.62. The van der Waals surface area contributed by atoms with Crippen molar-refractivity contribution in [3.63, 3.8) is 0 Å². The summed E-state index contributed by atoms with van der Waals surface area (Å²) in [6.45, 7) is 0. The molecule has 0 saturated carbocycles. The van der Waals surface area contributed by atoms with Gasteiger partial charge in [-0.25, -0.2) is 8.42 Å². The standard InChI is InChI=1S/C16H13BrN2O2S2/c17-14-6-7-15(22-14)23(20,21)19-16(12-4-2-1-3-5-12)13-8-10-18-11-9-13/h1-11,16,19H. The molecule has 23 heavy (non-hydrogen) atoms. The minimum atomic E-state index is -3.62. The molecular formula is C16H13BrN2O2S2. The number of sulfonamides is 1. The molecule has 1 N–H and O–H groups in total. The predicted molar refractivity (Wildman–Crippen MR) is 94.9 cm³/mol. The van der Waals surface area contributed by atoms with Crippen LogP contribution in [0.25, 0.3) is 0 Å². The second kappa shape index (κ2) is 6.92. The SMILES string of the molecule is O=S(=O)(NC(c1ccccc1)c1ccncc1)c1ccc(Br)s1. The highest BCUT2D eigenvalue weighted by molar-refractivity contribution is 9.11. The van der Waals surface area contributed by atoms with Crippen molar-refractivity contribution in [2.45, 2.75) is 10.3 Å². The fourth-order valence-electron chi connectivity index (χ4n) is 2.19. The number of nitrogens with zero attached hydrogens (tertiary/aromatic N) is 1. The van der Waals surface area contributed by atoms with E-state index in [4.69, 9.17) is 0 Å². The van der Waals surface area contributed by atoms with Crippen LogP contribution in [-0.2, 0) is 10.0 Å². The van der Waals surface area contributed by atoms with Crippen molar-refractivity contribution in [3.05, 3.63) is 81.9 Å². The summed E-state index contributed by atoms with van der Waals surface area (Å²) >= 11 is 4.48. The molecule has 0 aliphatic carbocycles. The van der Waals surface area contributed by atoms with Gasteiger partial charge in [-0.15, -0.1) is 11.3 Å². The summed E-state index contributed by atoms with van der Waals surface area (Å²) in [6, 6.07) is 15.9. The minimum absolute atomic E-state index is 0.277. The van der Waals surface area contributed by atoms with Gasteiger partial charge in [-0.3, -0.25) is 4.98 Å². The topological polar surface area (TPSA) is 59.1 Å². The van der Waals surface area contributed by atoms with Crippen molar-refractivity contribution < 1.29 is 8.42 Å². The van der Waals surface area contributed by atoms with Gasteiger partial charge in [0.05, 0.1) is 9.83 Å². The molecule has 2 heterocycles. The molecule has 0 aliphatic rings. The quantitative estimate of drug-likeness (QED) is 0.694. The molecule has 4 nitrogen and oxygen atoms in total. The van der Waals surface area contributed by atoms with Gasteiger partial charge in [-0.2, -0.15) is 4.72 Å². The van der Waals surface area contributed by atoms with Crippen LogP contribution in [0.3, 0.4) is 0 Å². The number of nitrogens with one attached hydrogen (secondary N) is 1. The lowest BCUT2D eigenvalue weighted by Gasteiger charge is -2.19. The van der Waals surface area contributed by atoms with Crippen LogP contribution in [0, 0.1) is 0 Å². The van der Waals surface area contributed by atoms with E-state index in [0.717, 1.165) is 14.9 Å². The van der Waals surface area contributed by atoms with Crippen molar-refractivity contribution in [1.82, 2.24) is 9.71 Å². The maximum Gasteiger partial charge on any atom is 0.250 e. The lowest BCUT2D eigenvalue weighted by atomic mass is 10.0. The number of pyridine rings is 1. The average molecular weight is 409 g/mol. The van der Waals surface area contributed by atoms with Crippen LogP contribution < -0.4 is 4.72 Å². The van der Waals surface area contributed by atoms with E-state index in [0.29, 0.717) is 0 Å². The van der Waals surface area contributed by atoms with Crippen LogP contribution >= 0.6 is 27.3 Å². The van der Waals surface area contributed by atoms with E-state index in [-0.39, 0.29) is 4.21 Å². The zero-order valence-corrected chi connectivity index (χ0v) is 15.1. The smallest absolute Gasteiger partial charge is 0.250 e. The van der Waals surface area contributed by atoms with Gasteiger partial charge >= 0.3 is 0 Å². The molecule has 0 aliphatic heterocycles. The van der Waals surface area contributed by atoms with Gasteiger partial charge in [-0.05, 0) is 51.3 Å². The van der Waals surface area contributed by atoms with Gasteiger partial charge in [0.1, 0.15) is 4.21 Å². The Labute approximate surface area is 147 Å². The second-order valence-electron chi connectivity index (χ2n) is 4.80. The average Bonchev–Trinajstić information content (AvgIpc) is 3.02. The van der Waals surface area contributed by atoms with Gasteiger partial charge < -0.3 is 0 Å². The maximum absolute atomic E-state index is 12.7. The summed E-state index contributed by atoms with van der Waals surface area (Å²) in [5.74, 6) is 0. The molecule has 2 aromatic heterocycles. The normalized spacial score (nSPS) is 12.9. The third-order valence-corrected chi connectivity index (χ3v) is 6.80. The first kappa shape index (κ1) is 16.3. The summed E-state index contributed by atoms with van der Waals surface area (Å²) in [6.07, 6.45) is 3.31. The first-order valence-electron chi connectivity index (χ1n) is 6.79. The van der Waals surface area contributed by atoms with Crippen LogP contribution in [0.2, 0.25) is 0 Å². The number of benzene rings is 1. The zero-order valence-electron chi connectivity index (χ0n) is 11.9. The fraction of sp³-hybridized carbons (Fsp3) is 0.0625. The molecule has 0 saturated heterocycles. The lowest BCUT2D eigenvalue weighted by molar-refractivity contribution is 0.574. The van der Waals surface area contributed by atoms with Crippen LogP contribution in [0.1, 0.15) is 17.2 Å². The molecule has 0 fully saturated rings. The number of hydrogen-bond donors (Lipinski definition) is 1. The van der Waals surface area contributed by atoms with Gasteiger partial charge in [-0.1, -0.05) is 30.3 Å². The summed E-state index contributed by atoms with van der Waals surface area (Å²) in [5, 5.41) is 0. The number of halogens is 1. The third-order valence-electron chi connectivity index (χ3n) is 3.26. The molecule has 0 radical (unpaired) electrons. The Hall–Kier alpha value is -1.54. The maximum atomic E-state index is 12.7. The van der Waals surface area contributed by atoms with Crippen molar-refractivity contribution in [3.8, 4) is 0 Å². The van der Waals surface area contributed by atoms with Crippen LogP contribution in [-0.4, -0.2) is 13.4 Å². The molecule has 0 bridgehead atoms. The molecule has 1 unspecified atom stereocenters. The Balaban J connectivity index is 2.00. The molecule has 1 aromatic carbocycles. The summed E-state index contributed by atoms with van der Waals surface area (Å²) in [4.78, 5) is 4.00. The Morgan fingerprint density at radius 3 is 2.22 bits per heavy atom. The van der Waals surface area contributed by atoms with Crippen LogP contribution in [0.15, 0.2) is 75.0 Å². The summed E-state index contributed by atoms with van der Waals surface area (Å²) < 4.78 is 29.2. The number of rotatable bonds is 5. The highest BCUT2D eigenvalue weighted by Crippen LogP contribution is 2.29. The minimum Gasteiger partial charge on any atom is -0.265 e. The molecule has 1 atom stereocenters. The molecule has 0 spiro atoms. The summed E-state index contributed by atoms with van der Waals surface area (Å²) in [5.41, 5.74) is 1.71. The van der Waals surface area contributed by atoms with E-state index in [1.54, 1.807) is 24.5 Å². The van der Waals surface area contributed by atoms with Crippen molar-refractivity contribution in [2.75, 3.05) is 0 Å². The van der Waals surface area contributed by atoms with E-state index in [9.17, 15) is 8.42 Å². The number of aromatic nitrogens is 1. The first-order chi connectivity index (χ1) is 11.1.